The molecule has 7 heteroatoms. The van der Waals surface area contributed by atoms with E-state index in [1.165, 1.54) is 11.1 Å². The van der Waals surface area contributed by atoms with Crippen molar-refractivity contribution in [2.45, 2.75) is 53.6 Å². The van der Waals surface area contributed by atoms with Gasteiger partial charge in [0.05, 0.1) is 22.3 Å². The quantitative estimate of drug-likeness (QED) is 0.227. The van der Waals surface area contributed by atoms with Crippen molar-refractivity contribution in [1.29, 1.82) is 0 Å². The highest BCUT2D eigenvalue weighted by Crippen LogP contribution is 2.45. The number of para-hydroxylation sites is 1. The van der Waals surface area contributed by atoms with Crippen LogP contribution in [0.3, 0.4) is 0 Å². The topological polar surface area (TPSA) is 101 Å². The third-order valence-corrected chi connectivity index (χ3v) is 8.64. The van der Waals surface area contributed by atoms with E-state index in [0.29, 0.717) is 24.7 Å². The minimum atomic E-state index is -1.06. The maximum Gasteiger partial charge on any atom is 0.310 e. The highest BCUT2D eigenvalue weighted by atomic mass is 16.5. The maximum atomic E-state index is 12.6. The molecule has 3 aromatic carbocycles. The molecule has 4 N–H and O–H groups in total. The summed E-state index contributed by atoms with van der Waals surface area (Å²) < 4.78 is 6.11. The van der Waals surface area contributed by atoms with E-state index in [2.05, 4.69) is 66.5 Å². The van der Waals surface area contributed by atoms with Gasteiger partial charge in [-0.05, 0) is 80.1 Å². The molecule has 1 aliphatic rings. The predicted molar refractivity (Wildman–Crippen MR) is 166 cm³/mol. The Morgan fingerprint density at radius 2 is 1.90 bits per heavy atom. The number of nitrogens with one attached hydrogen (secondary N) is 1. The summed E-state index contributed by atoms with van der Waals surface area (Å²) >= 11 is 0. The first kappa shape index (κ1) is 28.4. The molecule has 1 unspecified atom stereocenters. The van der Waals surface area contributed by atoms with Crippen LogP contribution in [-0.2, 0) is 17.9 Å². The van der Waals surface area contributed by atoms with Crippen LogP contribution in [0.25, 0.3) is 10.9 Å². The van der Waals surface area contributed by atoms with Crippen molar-refractivity contribution in [1.82, 2.24) is 9.88 Å². The van der Waals surface area contributed by atoms with Gasteiger partial charge in [0.2, 0.25) is 5.88 Å². The number of carboxylic acids is 1. The van der Waals surface area contributed by atoms with Crippen molar-refractivity contribution in [3.05, 3.63) is 93.5 Å². The lowest BCUT2D eigenvalue weighted by atomic mass is 9.69. The Balaban J connectivity index is 1.51. The molecule has 0 amide bonds. The van der Waals surface area contributed by atoms with Crippen molar-refractivity contribution < 1.29 is 14.6 Å². The summed E-state index contributed by atoms with van der Waals surface area (Å²) in [6.07, 6.45) is 0. The van der Waals surface area contributed by atoms with Gasteiger partial charge < -0.3 is 20.9 Å². The lowest BCUT2D eigenvalue weighted by molar-refractivity contribution is -0.147. The molecule has 0 aliphatic carbocycles. The fraction of sp³-hybridized carbons (Fsp3) is 0.353. The number of aryl methyl sites for hydroxylation is 2. The van der Waals surface area contributed by atoms with Crippen molar-refractivity contribution in [2.24, 2.45) is 5.41 Å². The molecule has 0 saturated heterocycles. The molecule has 41 heavy (non-hydrogen) atoms. The first-order valence-corrected chi connectivity index (χ1v) is 14.1. The largest absolute Gasteiger partial charge is 0.481 e. The lowest BCUT2D eigenvalue weighted by Crippen LogP contribution is -2.33. The molecule has 0 radical (unpaired) electrons. The fourth-order valence-corrected chi connectivity index (χ4v) is 6.01. The first-order valence-electron chi connectivity index (χ1n) is 14.1. The highest BCUT2D eigenvalue weighted by molar-refractivity contribution is 5.83. The Labute approximate surface area is 242 Å². The summed E-state index contributed by atoms with van der Waals surface area (Å²) in [5.74, 6) is -0.530. The van der Waals surface area contributed by atoms with Crippen LogP contribution in [0, 0.1) is 26.2 Å². The van der Waals surface area contributed by atoms with Crippen LogP contribution >= 0.6 is 0 Å². The normalized spacial score (nSPS) is 14.7. The number of rotatable bonds is 7. The number of nitrogens with zero attached hydrogens (tertiary/aromatic N) is 2. The van der Waals surface area contributed by atoms with E-state index in [0.717, 1.165) is 57.5 Å². The summed E-state index contributed by atoms with van der Waals surface area (Å²) in [5, 5.41) is 14.6. The van der Waals surface area contributed by atoms with Crippen LogP contribution in [-0.4, -0.2) is 41.2 Å². The third-order valence-electron chi connectivity index (χ3n) is 8.64. The van der Waals surface area contributed by atoms with Gasteiger partial charge in [0.1, 0.15) is 6.61 Å². The molecular formula is C34H40N4O3. The van der Waals surface area contributed by atoms with Crippen LogP contribution in [0.1, 0.15) is 58.7 Å². The van der Waals surface area contributed by atoms with E-state index in [4.69, 9.17) is 15.5 Å². The number of hydrogen-bond donors (Lipinski definition) is 3. The summed E-state index contributed by atoms with van der Waals surface area (Å²) in [6.45, 7) is 12.5. The Morgan fingerprint density at radius 3 is 2.63 bits per heavy atom. The third kappa shape index (κ3) is 5.34. The molecule has 1 aliphatic heterocycles. The molecule has 0 fully saturated rings. The molecule has 5 rings (SSSR count). The zero-order chi connectivity index (χ0) is 29.5. The number of ether oxygens (including phenoxy) is 1. The predicted octanol–water partition coefficient (Wildman–Crippen LogP) is 6.42. The van der Waals surface area contributed by atoms with Crippen molar-refractivity contribution in [3.8, 4) is 5.88 Å². The van der Waals surface area contributed by atoms with Crippen LogP contribution in [0.5, 0.6) is 5.88 Å². The van der Waals surface area contributed by atoms with E-state index in [1.54, 1.807) is 13.8 Å². The molecule has 4 aromatic rings. The van der Waals surface area contributed by atoms with Crippen molar-refractivity contribution in [2.75, 3.05) is 31.2 Å². The number of nitrogen functional groups attached to an aromatic ring is 1. The Bertz CT molecular complexity index is 1630. The fourth-order valence-electron chi connectivity index (χ4n) is 6.01. The number of anilines is 2. The zero-order valence-electron chi connectivity index (χ0n) is 24.8. The summed E-state index contributed by atoms with van der Waals surface area (Å²) in [4.78, 5) is 19.8. The zero-order valence-corrected chi connectivity index (χ0v) is 24.8. The van der Waals surface area contributed by atoms with Gasteiger partial charge >= 0.3 is 5.97 Å². The average Bonchev–Trinajstić information content (AvgIpc) is 3.13. The second-order valence-electron chi connectivity index (χ2n) is 11.8. The van der Waals surface area contributed by atoms with E-state index in [9.17, 15) is 9.90 Å². The highest BCUT2D eigenvalue weighted by Gasteiger charge is 2.40. The van der Waals surface area contributed by atoms with Crippen molar-refractivity contribution >= 4 is 28.2 Å². The first-order chi connectivity index (χ1) is 19.5. The summed E-state index contributed by atoms with van der Waals surface area (Å²) in [6, 6.07) is 18.7. The SMILES string of the molecule is CNc1ccc(C(c2ccc(C)c(CN3CCOc4nc5c(C)cccc5cc4C3)c2)C(C)(C)C(=O)O)c(C)c1N. The van der Waals surface area contributed by atoms with Crippen LogP contribution in [0.2, 0.25) is 0 Å². The lowest BCUT2D eigenvalue weighted by Gasteiger charge is -2.34. The molecule has 2 heterocycles. The second kappa shape index (κ2) is 11.1. The number of benzene rings is 3. The van der Waals surface area contributed by atoms with E-state index < -0.39 is 11.4 Å². The Kier molecular flexibility index (Phi) is 7.66. The number of aliphatic carboxylic acids is 1. The molecule has 0 bridgehead atoms. The summed E-state index contributed by atoms with van der Waals surface area (Å²) in [5.41, 5.74) is 15.2. The van der Waals surface area contributed by atoms with Crippen LogP contribution in [0.4, 0.5) is 11.4 Å². The minimum absolute atomic E-state index is 0.389. The maximum absolute atomic E-state index is 12.6. The van der Waals surface area contributed by atoms with Gasteiger partial charge in [-0.2, -0.15) is 0 Å². The van der Waals surface area contributed by atoms with Gasteiger partial charge in [-0.1, -0.05) is 42.5 Å². The number of fused-ring (bicyclic) bond motifs is 2. The monoisotopic (exact) mass is 552 g/mol. The second-order valence-corrected chi connectivity index (χ2v) is 11.8. The molecule has 0 spiro atoms. The van der Waals surface area contributed by atoms with Crippen LogP contribution < -0.4 is 15.8 Å². The van der Waals surface area contributed by atoms with Crippen molar-refractivity contribution in [3.63, 3.8) is 0 Å². The summed E-state index contributed by atoms with van der Waals surface area (Å²) in [7, 11) is 1.83. The van der Waals surface area contributed by atoms with Gasteiger partial charge in [0.15, 0.2) is 0 Å². The van der Waals surface area contributed by atoms with Crippen LogP contribution in [0.15, 0.2) is 54.6 Å². The van der Waals surface area contributed by atoms with Gasteiger partial charge in [-0.3, -0.25) is 9.69 Å². The number of aromatic nitrogens is 1. The van der Waals surface area contributed by atoms with Gasteiger partial charge in [0.25, 0.3) is 0 Å². The Hall–Kier alpha value is -4.10. The molecule has 1 atom stereocenters. The number of carbonyl (C=O) groups is 1. The number of hydrogen-bond acceptors (Lipinski definition) is 6. The molecular weight excluding hydrogens is 512 g/mol. The number of pyridine rings is 1. The van der Waals surface area contributed by atoms with E-state index in [-0.39, 0.29) is 5.92 Å². The van der Waals surface area contributed by atoms with E-state index in [1.807, 2.05) is 26.1 Å². The average molecular weight is 553 g/mol. The van der Waals surface area contributed by atoms with Gasteiger partial charge in [-0.25, -0.2) is 4.98 Å². The number of nitrogens with two attached hydrogens (primary N) is 1. The molecule has 7 nitrogen and oxygen atoms in total. The molecule has 1 aromatic heterocycles. The van der Waals surface area contributed by atoms with Gasteiger partial charge in [0, 0.05) is 43.5 Å². The standard InChI is InChI=1S/C34H40N4O3/c1-20-10-11-23(29(34(4,5)33(39)40)27-12-13-28(36-6)30(35)22(27)3)16-25(20)18-38-14-15-41-32-26(19-38)17-24-9-7-8-21(2)31(24)37-32/h7-13,16-17,29,36H,14-15,18-19,35H2,1-6H3,(H,39,40). The van der Waals surface area contributed by atoms with Gasteiger partial charge in [-0.15, -0.1) is 0 Å². The Morgan fingerprint density at radius 1 is 1.12 bits per heavy atom. The van der Waals surface area contributed by atoms with E-state index >= 15 is 0 Å². The molecule has 214 valence electrons. The smallest absolute Gasteiger partial charge is 0.310 e. The minimum Gasteiger partial charge on any atom is -0.481 e. The molecule has 0 saturated carbocycles. The number of carboxylic acid groups (broad SMARTS) is 1.